The number of nitriles is 1. The van der Waals surface area contributed by atoms with Crippen molar-refractivity contribution in [1.82, 2.24) is 4.98 Å². The minimum atomic E-state index is -1.37. The number of aryl methyl sites for hydroxylation is 1. The number of pyridine rings is 1. The number of fused-ring (bicyclic) bond motifs is 3. The van der Waals surface area contributed by atoms with Gasteiger partial charge in [-0.1, -0.05) is 19.1 Å². The van der Waals surface area contributed by atoms with Crippen LogP contribution in [-0.2, 0) is 17.4 Å². The molecule has 2 aliphatic rings. The second-order valence-electron chi connectivity index (χ2n) is 8.74. The molecule has 5 heteroatoms. The summed E-state index contributed by atoms with van der Waals surface area (Å²) in [5.41, 5.74) is 0.122. The fourth-order valence-electron chi connectivity index (χ4n) is 5.76. The third-order valence-corrected chi connectivity index (χ3v) is 7.27. The molecular formula is C24H28N2O3. The molecule has 1 heterocycles. The molecule has 4 atom stereocenters. The summed E-state index contributed by atoms with van der Waals surface area (Å²) in [4.78, 5) is 4.39. The number of aliphatic hydroxyl groups is 2. The predicted molar refractivity (Wildman–Crippen MR) is 109 cm³/mol. The fraction of sp³-hybridized carbons (Fsp3) is 0.500. The van der Waals surface area contributed by atoms with Gasteiger partial charge >= 0.3 is 0 Å². The van der Waals surface area contributed by atoms with Crippen molar-refractivity contribution in [3.8, 4) is 11.8 Å². The molecule has 1 aromatic carbocycles. The van der Waals surface area contributed by atoms with Crippen molar-refractivity contribution < 1.29 is 14.9 Å². The van der Waals surface area contributed by atoms with Crippen LogP contribution in [0.1, 0.15) is 56.4 Å². The Labute approximate surface area is 172 Å². The van der Waals surface area contributed by atoms with E-state index in [-0.39, 0.29) is 17.9 Å². The second kappa shape index (κ2) is 7.12. The van der Waals surface area contributed by atoms with E-state index in [2.05, 4.69) is 18.0 Å². The SMILES string of the molecule is CC[C@@]12C[C@@](C)(O)[C@](O)(c3ccccn3)C[C@H]1CCc1cc(OCC#N)ccc12. The Balaban J connectivity index is 1.75. The summed E-state index contributed by atoms with van der Waals surface area (Å²) in [7, 11) is 0. The lowest BCUT2D eigenvalue weighted by Gasteiger charge is -2.58. The maximum absolute atomic E-state index is 11.6. The van der Waals surface area contributed by atoms with Crippen molar-refractivity contribution in [2.24, 2.45) is 5.92 Å². The average molecular weight is 392 g/mol. The van der Waals surface area contributed by atoms with E-state index < -0.39 is 11.2 Å². The Hall–Kier alpha value is -2.42. The van der Waals surface area contributed by atoms with Crippen LogP contribution >= 0.6 is 0 Å². The smallest absolute Gasteiger partial charge is 0.174 e. The number of hydrogen-bond acceptors (Lipinski definition) is 5. The maximum Gasteiger partial charge on any atom is 0.174 e. The number of rotatable bonds is 4. The average Bonchev–Trinajstić information content (AvgIpc) is 2.73. The van der Waals surface area contributed by atoms with Gasteiger partial charge in [-0.15, -0.1) is 0 Å². The molecule has 0 radical (unpaired) electrons. The van der Waals surface area contributed by atoms with Crippen LogP contribution in [0.2, 0.25) is 0 Å². The molecule has 0 bridgehead atoms. The first kappa shape index (κ1) is 19.9. The van der Waals surface area contributed by atoms with E-state index in [4.69, 9.17) is 10.00 Å². The number of benzene rings is 1. The largest absolute Gasteiger partial charge is 0.479 e. The molecule has 0 amide bonds. The van der Waals surface area contributed by atoms with E-state index in [0.29, 0.717) is 24.3 Å². The fourth-order valence-corrected chi connectivity index (χ4v) is 5.76. The molecule has 1 saturated carbocycles. The third kappa shape index (κ3) is 3.02. The zero-order chi connectivity index (χ0) is 20.7. The van der Waals surface area contributed by atoms with Gasteiger partial charge in [-0.25, -0.2) is 0 Å². The highest BCUT2D eigenvalue weighted by Gasteiger charge is 2.61. The summed E-state index contributed by atoms with van der Waals surface area (Å²) in [6.45, 7) is 3.95. The molecule has 2 aromatic rings. The van der Waals surface area contributed by atoms with Gasteiger partial charge in [0.05, 0.1) is 11.3 Å². The molecule has 2 N–H and O–H groups in total. The van der Waals surface area contributed by atoms with Crippen molar-refractivity contribution >= 4 is 0 Å². The molecule has 29 heavy (non-hydrogen) atoms. The summed E-state index contributed by atoms with van der Waals surface area (Å²) >= 11 is 0. The molecule has 0 aliphatic heterocycles. The first-order valence-corrected chi connectivity index (χ1v) is 10.4. The summed E-state index contributed by atoms with van der Waals surface area (Å²) in [5, 5.41) is 31.9. The molecule has 0 saturated heterocycles. The van der Waals surface area contributed by atoms with E-state index in [1.54, 1.807) is 13.1 Å². The summed E-state index contributed by atoms with van der Waals surface area (Å²) in [6.07, 6.45) is 5.35. The first-order chi connectivity index (χ1) is 13.9. The second-order valence-corrected chi connectivity index (χ2v) is 8.74. The number of nitrogens with zero attached hydrogens (tertiary/aromatic N) is 2. The highest BCUT2D eigenvalue weighted by Crippen LogP contribution is 2.59. The lowest BCUT2D eigenvalue weighted by Crippen LogP contribution is -2.62. The minimum absolute atomic E-state index is 0.0339. The summed E-state index contributed by atoms with van der Waals surface area (Å²) in [6, 6.07) is 13.5. The topological polar surface area (TPSA) is 86.4 Å². The van der Waals surface area contributed by atoms with Crippen molar-refractivity contribution in [3.63, 3.8) is 0 Å². The van der Waals surface area contributed by atoms with Gasteiger partial charge in [-0.05, 0) is 80.3 Å². The van der Waals surface area contributed by atoms with E-state index in [0.717, 1.165) is 19.3 Å². The summed E-state index contributed by atoms with van der Waals surface area (Å²) in [5.74, 6) is 0.959. The minimum Gasteiger partial charge on any atom is -0.479 e. The Morgan fingerprint density at radius 2 is 2.10 bits per heavy atom. The molecular weight excluding hydrogens is 364 g/mol. The standard InChI is InChI=1S/C24H28N2O3/c1-3-23-16-22(2,27)24(28,21-6-4-5-12-26-21)15-18(23)8-7-17-14-19(29-13-11-25)9-10-20(17)23/h4-6,9-10,12,14,18,27-28H,3,7-8,13,15-16H2,1-2H3/t18-,22-,23-,24-/m1/s1. The van der Waals surface area contributed by atoms with Gasteiger partial charge in [0.1, 0.15) is 17.4 Å². The van der Waals surface area contributed by atoms with Crippen molar-refractivity contribution in [2.75, 3.05) is 6.61 Å². The van der Waals surface area contributed by atoms with Gasteiger partial charge in [0.25, 0.3) is 0 Å². The third-order valence-electron chi connectivity index (χ3n) is 7.27. The van der Waals surface area contributed by atoms with E-state index >= 15 is 0 Å². The first-order valence-electron chi connectivity index (χ1n) is 10.4. The quantitative estimate of drug-likeness (QED) is 0.830. The Morgan fingerprint density at radius 3 is 2.79 bits per heavy atom. The van der Waals surface area contributed by atoms with Crippen LogP contribution in [0.3, 0.4) is 0 Å². The molecule has 1 aromatic heterocycles. The van der Waals surface area contributed by atoms with Crippen LogP contribution < -0.4 is 4.74 Å². The van der Waals surface area contributed by atoms with E-state index in [1.165, 1.54) is 11.1 Å². The monoisotopic (exact) mass is 392 g/mol. The van der Waals surface area contributed by atoms with Crippen molar-refractivity contribution in [3.05, 3.63) is 59.4 Å². The Kier molecular flexibility index (Phi) is 4.88. The van der Waals surface area contributed by atoms with Gasteiger partial charge < -0.3 is 14.9 Å². The van der Waals surface area contributed by atoms with Crippen LogP contribution in [0, 0.1) is 17.2 Å². The molecule has 0 unspecified atom stereocenters. The van der Waals surface area contributed by atoms with Gasteiger partial charge in [0.15, 0.2) is 6.61 Å². The van der Waals surface area contributed by atoms with Crippen molar-refractivity contribution in [1.29, 1.82) is 5.26 Å². The van der Waals surface area contributed by atoms with Crippen LogP contribution in [0.15, 0.2) is 42.6 Å². The molecule has 152 valence electrons. The zero-order valence-corrected chi connectivity index (χ0v) is 17.1. The van der Waals surface area contributed by atoms with Gasteiger partial charge in [0, 0.05) is 11.6 Å². The highest BCUT2D eigenvalue weighted by molar-refractivity contribution is 5.45. The number of hydrogen-bond donors (Lipinski definition) is 2. The zero-order valence-electron chi connectivity index (χ0n) is 17.1. The molecule has 0 spiro atoms. The predicted octanol–water partition coefficient (Wildman–Crippen LogP) is 3.63. The normalized spacial score (nSPS) is 33.3. The van der Waals surface area contributed by atoms with Gasteiger partial charge in [-0.3, -0.25) is 4.98 Å². The van der Waals surface area contributed by atoms with Gasteiger partial charge in [-0.2, -0.15) is 5.26 Å². The van der Waals surface area contributed by atoms with Crippen LogP contribution in [0.25, 0.3) is 0 Å². The molecule has 2 aliphatic carbocycles. The lowest BCUT2D eigenvalue weighted by atomic mass is 9.49. The molecule has 5 nitrogen and oxygen atoms in total. The molecule has 1 fully saturated rings. The maximum atomic E-state index is 11.6. The number of aromatic nitrogens is 1. The van der Waals surface area contributed by atoms with Crippen LogP contribution in [-0.4, -0.2) is 27.4 Å². The van der Waals surface area contributed by atoms with Crippen LogP contribution in [0.4, 0.5) is 0 Å². The lowest BCUT2D eigenvalue weighted by molar-refractivity contribution is -0.207. The van der Waals surface area contributed by atoms with E-state index in [1.807, 2.05) is 36.4 Å². The Morgan fingerprint density at radius 1 is 1.28 bits per heavy atom. The highest BCUT2D eigenvalue weighted by atomic mass is 16.5. The van der Waals surface area contributed by atoms with Crippen LogP contribution in [0.5, 0.6) is 5.75 Å². The van der Waals surface area contributed by atoms with E-state index in [9.17, 15) is 10.2 Å². The molecule has 4 rings (SSSR count). The van der Waals surface area contributed by atoms with Crippen molar-refractivity contribution in [2.45, 2.75) is 62.6 Å². The summed E-state index contributed by atoms with van der Waals surface area (Å²) < 4.78 is 5.50. The Bertz CT molecular complexity index is 937. The number of ether oxygens (including phenoxy) is 1. The van der Waals surface area contributed by atoms with Gasteiger partial charge in [0.2, 0.25) is 0 Å².